The van der Waals surface area contributed by atoms with Crippen LogP contribution in [0.4, 0.5) is 0 Å². The third kappa shape index (κ3) is 6.36. The lowest BCUT2D eigenvalue weighted by molar-refractivity contribution is -0.139. The molecule has 0 fully saturated rings. The molecule has 4 aromatic rings. The predicted octanol–water partition coefficient (Wildman–Crippen LogP) is 5.50. The molecule has 200 valence electrons. The van der Waals surface area contributed by atoms with Crippen molar-refractivity contribution in [1.82, 2.24) is 5.32 Å². The van der Waals surface area contributed by atoms with E-state index in [9.17, 15) is 14.7 Å². The molecule has 0 aliphatic carbocycles. The number of rotatable bonds is 10. The average Bonchev–Trinajstić information content (AvgIpc) is 2.95. The summed E-state index contributed by atoms with van der Waals surface area (Å²) in [4.78, 5) is 25.1. The van der Waals surface area contributed by atoms with Crippen LogP contribution in [0.2, 0.25) is 5.04 Å². The molecular weight excluding hydrogens is 502 g/mol. The molecule has 0 heterocycles. The van der Waals surface area contributed by atoms with Crippen LogP contribution in [0.15, 0.2) is 115 Å². The summed E-state index contributed by atoms with van der Waals surface area (Å²) in [5.74, 6) is -1.51. The number of benzene rings is 4. The Morgan fingerprint density at radius 3 is 1.67 bits per heavy atom. The summed E-state index contributed by atoms with van der Waals surface area (Å²) < 4.78 is 6.82. The zero-order valence-corrected chi connectivity index (χ0v) is 23.6. The second-order valence-electron chi connectivity index (χ2n) is 10.6. The summed E-state index contributed by atoms with van der Waals surface area (Å²) in [6, 6.07) is 36.4. The van der Waals surface area contributed by atoms with Gasteiger partial charge in [0.15, 0.2) is 0 Å². The molecule has 2 N–H and O–H groups in total. The number of hydrogen-bond acceptors (Lipinski definition) is 3. The second-order valence-corrected chi connectivity index (χ2v) is 14.9. The van der Waals surface area contributed by atoms with E-state index in [2.05, 4.69) is 50.4 Å². The minimum atomic E-state index is -2.80. The van der Waals surface area contributed by atoms with Crippen LogP contribution in [-0.2, 0) is 9.22 Å². The Bertz CT molecular complexity index is 1330. The number of aliphatic carboxylic acids is 1. The lowest BCUT2D eigenvalue weighted by atomic mass is 10.0. The highest BCUT2D eigenvalue weighted by atomic mass is 28.4. The van der Waals surface area contributed by atoms with Crippen molar-refractivity contribution in [3.05, 3.63) is 121 Å². The minimum Gasteiger partial charge on any atom is -0.480 e. The third-order valence-electron chi connectivity index (χ3n) is 7.00. The maximum Gasteiger partial charge on any atom is 0.326 e. The van der Waals surface area contributed by atoms with Gasteiger partial charge in [0, 0.05) is 18.6 Å². The first-order valence-electron chi connectivity index (χ1n) is 13.2. The van der Waals surface area contributed by atoms with Gasteiger partial charge in [-0.25, -0.2) is 4.79 Å². The Hall–Kier alpha value is -4.00. The van der Waals surface area contributed by atoms with Gasteiger partial charge in [-0.2, -0.15) is 0 Å². The molecule has 0 radical (unpaired) electrons. The highest BCUT2D eigenvalue weighted by Crippen LogP contribution is 2.36. The molecule has 1 amide bonds. The number of carboxylic acid groups (broad SMARTS) is 1. The molecule has 0 bridgehead atoms. The molecule has 0 unspecified atom stereocenters. The van der Waals surface area contributed by atoms with Crippen molar-refractivity contribution >= 4 is 30.6 Å². The van der Waals surface area contributed by atoms with Crippen molar-refractivity contribution in [2.24, 2.45) is 0 Å². The lowest BCUT2D eigenvalue weighted by Crippen LogP contribution is -2.66. The predicted molar refractivity (Wildman–Crippen MR) is 159 cm³/mol. The molecule has 0 aliphatic heterocycles. The van der Waals surface area contributed by atoms with Crippen molar-refractivity contribution in [1.29, 1.82) is 0 Å². The van der Waals surface area contributed by atoms with E-state index in [0.717, 1.165) is 21.5 Å². The van der Waals surface area contributed by atoms with Gasteiger partial charge in [0.25, 0.3) is 14.2 Å². The number of carboxylic acids is 1. The van der Waals surface area contributed by atoms with Gasteiger partial charge in [0.1, 0.15) is 6.04 Å². The van der Waals surface area contributed by atoms with E-state index in [1.54, 1.807) is 12.1 Å². The van der Waals surface area contributed by atoms with Gasteiger partial charge in [-0.1, -0.05) is 124 Å². The highest BCUT2D eigenvalue weighted by molar-refractivity contribution is 6.99. The zero-order chi connectivity index (χ0) is 27.9. The first-order valence-corrected chi connectivity index (χ1v) is 15.1. The van der Waals surface area contributed by atoms with Crippen molar-refractivity contribution in [2.45, 2.75) is 38.3 Å². The van der Waals surface area contributed by atoms with Crippen LogP contribution in [-0.4, -0.2) is 37.9 Å². The molecular formula is C33H35NO4Si. The Morgan fingerprint density at radius 2 is 1.21 bits per heavy atom. The fourth-order valence-corrected chi connectivity index (χ4v) is 9.61. The maximum atomic E-state index is 13.0. The Kier molecular flexibility index (Phi) is 8.79. The number of nitrogens with one attached hydrogen (secondary N) is 1. The molecule has 0 saturated heterocycles. The van der Waals surface area contributed by atoms with Gasteiger partial charge < -0.3 is 14.8 Å². The van der Waals surface area contributed by atoms with E-state index >= 15 is 0 Å². The molecule has 39 heavy (non-hydrogen) atoms. The fraction of sp³-hybridized carbons (Fsp3) is 0.212. The van der Waals surface area contributed by atoms with Gasteiger partial charge in [0.2, 0.25) is 0 Å². The van der Waals surface area contributed by atoms with Crippen LogP contribution in [0.3, 0.4) is 0 Å². The normalized spacial score (nSPS) is 12.5. The summed E-state index contributed by atoms with van der Waals surface area (Å²) in [6.07, 6.45) is 0.146. The van der Waals surface area contributed by atoms with E-state index in [4.69, 9.17) is 4.43 Å². The van der Waals surface area contributed by atoms with Gasteiger partial charge in [-0.3, -0.25) is 4.79 Å². The molecule has 0 aromatic heterocycles. The van der Waals surface area contributed by atoms with Crippen LogP contribution >= 0.6 is 0 Å². The first-order chi connectivity index (χ1) is 18.7. The lowest BCUT2D eigenvalue weighted by Gasteiger charge is -2.43. The van der Waals surface area contributed by atoms with Gasteiger partial charge in [-0.05, 0) is 38.7 Å². The monoisotopic (exact) mass is 537 g/mol. The summed E-state index contributed by atoms with van der Waals surface area (Å²) in [5.41, 5.74) is 2.45. The summed E-state index contributed by atoms with van der Waals surface area (Å²) in [6.45, 7) is 6.72. The Balaban J connectivity index is 1.51. The van der Waals surface area contributed by atoms with Crippen LogP contribution in [0.5, 0.6) is 0 Å². The average molecular weight is 538 g/mol. The molecule has 0 saturated carbocycles. The Morgan fingerprint density at radius 1 is 0.744 bits per heavy atom. The van der Waals surface area contributed by atoms with Gasteiger partial charge in [0.05, 0.1) is 0 Å². The van der Waals surface area contributed by atoms with Crippen molar-refractivity contribution in [3.63, 3.8) is 0 Å². The van der Waals surface area contributed by atoms with Crippen LogP contribution < -0.4 is 15.7 Å². The smallest absolute Gasteiger partial charge is 0.326 e. The zero-order valence-electron chi connectivity index (χ0n) is 22.6. The molecule has 1 atom stereocenters. The molecule has 4 rings (SSSR count). The quantitative estimate of drug-likeness (QED) is 0.262. The van der Waals surface area contributed by atoms with Crippen LogP contribution in [0.25, 0.3) is 11.1 Å². The topological polar surface area (TPSA) is 75.6 Å². The Labute approximate surface area is 231 Å². The highest BCUT2D eigenvalue weighted by Gasteiger charge is 2.50. The van der Waals surface area contributed by atoms with Crippen molar-refractivity contribution in [2.75, 3.05) is 6.61 Å². The second kappa shape index (κ2) is 12.2. The largest absolute Gasteiger partial charge is 0.480 e. The van der Waals surface area contributed by atoms with E-state index in [1.165, 1.54) is 0 Å². The number of carbonyl (C=O) groups excluding carboxylic acids is 1. The van der Waals surface area contributed by atoms with Crippen molar-refractivity contribution < 1.29 is 19.1 Å². The first kappa shape index (κ1) is 28.0. The molecule has 0 spiro atoms. The van der Waals surface area contributed by atoms with E-state index in [-0.39, 0.29) is 18.1 Å². The van der Waals surface area contributed by atoms with Crippen molar-refractivity contribution in [3.8, 4) is 11.1 Å². The molecule has 4 aromatic carbocycles. The number of amides is 1. The summed E-state index contributed by atoms with van der Waals surface area (Å²) >= 11 is 0. The molecule has 6 heteroatoms. The standard InChI is InChI=1S/C33H35NO4Si/c1-33(2,3)39(28-15-9-5-10-16-28,29-17-11-6-12-18-29)38-24-23-30(32(36)37)34-31(35)27-21-19-26(20-22-27)25-13-7-4-8-14-25/h4-22,30H,23-24H2,1-3H3,(H,34,35)(H,36,37)/t30-/m0/s1. The number of hydrogen-bond donors (Lipinski definition) is 2. The summed E-state index contributed by atoms with van der Waals surface area (Å²) in [7, 11) is -2.80. The molecule has 5 nitrogen and oxygen atoms in total. The van der Waals surface area contributed by atoms with E-state index < -0.39 is 26.2 Å². The van der Waals surface area contributed by atoms with Gasteiger partial charge >= 0.3 is 5.97 Å². The maximum absolute atomic E-state index is 13.0. The number of carbonyl (C=O) groups is 2. The molecule has 0 aliphatic rings. The summed E-state index contributed by atoms with van der Waals surface area (Å²) in [5, 5.41) is 14.6. The SMILES string of the molecule is CC(C)(C)[Si](OCC[C@H](NC(=O)c1ccc(-c2ccccc2)cc1)C(=O)O)(c1ccccc1)c1ccccc1. The van der Waals surface area contributed by atoms with E-state index in [0.29, 0.717) is 5.56 Å². The van der Waals surface area contributed by atoms with Crippen LogP contribution in [0.1, 0.15) is 37.6 Å². The van der Waals surface area contributed by atoms with Gasteiger partial charge in [-0.15, -0.1) is 0 Å². The third-order valence-corrected chi connectivity index (χ3v) is 12.0. The van der Waals surface area contributed by atoms with Crippen LogP contribution in [0, 0.1) is 0 Å². The fourth-order valence-electron chi connectivity index (χ4n) is 5.04. The minimum absolute atomic E-state index is 0.146. The van der Waals surface area contributed by atoms with E-state index in [1.807, 2.05) is 78.9 Å².